The molecule has 1 N–H and O–H groups in total. The number of hydrogen-bond acceptors (Lipinski definition) is 5. The number of anilines is 1. The Kier molecular flexibility index (Phi) is 17.9. The molecule has 0 saturated carbocycles. The average Bonchev–Trinajstić information content (AvgIpc) is 3.38. The zero-order valence-corrected chi connectivity index (χ0v) is 28.6. The summed E-state index contributed by atoms with van der Waals surface area (Å²) >= 11 is 1.67. The molecule has 2 aromatic carbocycles. The van der Waals surface area contributed by atoms with Crippen LogP contribution in [0.2, 0.25) is 0 Å². The number of nitrogens with zero attached hydrogens (tertiary/aromatic N) is 1. The number of unbranched alkanes of at least 4 members (excludes halogenated alkanes) is 11. The molecule has 0 radical (unpaired) electrons. The first kappa shape index (κ1) is 36.5. The molecule has 236 valence electrons. The highest BCUT2D eigenvalue weighted by Crippen LogP contribution is 2.25. The highest BCUT2D eigenvalue weighted by Gasteiger charge is 2.13. The van der Waals surface area contributed by atoms with Gasteiger partial charge in [-0.05, 0) is 43.7 Å². The summed E-state index contributed by atoms with van der Waals surface area (Å²) in [6.45, 7) is 7.04. The molecule has 43 heavy (non-hydrogen) atoms. The number of nitrogens with one attached hydrogen (secondary N) is 1. The monoisotopic (exact) mass is 672 g/mol. The number of ether oxygens (including phenoxy) is 2. The first-order valence-corrected chi connectivity index (χ1v) is 16.6. The maximum absolute atomic E-state index is 12.6. The standard InChI is InChI=1S/C35H48N2O4S.BrH/c1-4-5-6-7-8-9-10-11-12-13-14-15-21-40-34-20-19-32(23-33(34)29(3)38)41-25-35(39)36-31-18-16-17-30(22-31)24-37-27-42-26-28(37)2;/h16-20,22-23,26-27H,4-15,21,24-25H2,1-3H3;1H. The predicted molar refractivity (Wildman–Crippen MR) is 172 cm³/mol. The lowest BCUT2D eigenvalue weighted by Gasteiger charge is -2.13. The fraction of sp³-hybridized carbons (Fsp3) is 0.514. The van der Waals surface area contributed by atoms with Crippen molar-refractivity contribution in [3.05, 3.63) is 70.2 Å². The Balaban J connectivity index is 0.00000645. The lowest BCUT2D eigenvalue weighted by atomic mass is 10.1. The molecule has 1 aromatic heterocycles. The van der Waals surface area contributed by atoms with Crippen LogP contribution in [0.3, 0.4) is 0 Å². The van der Waals surface area contributed by atoms with Crippen molar-refractivity contribution in [2.24, 2.45) is 0 Å². The van der Waals surface area contributed by atoms with E-state index in [2.05, 4.69) is 34.6 Å². The third-order valence-corrected chi connectivity index (χ3v) is 8.25. The van der Waals surface area contributed by atoms with Gasteiger partial charge < -0.3 is 31.8 Å². The molecule has 0 aliphatic heterocycles. The minimum atomic E-state index is -0.261. The number of aromatic nitrogens is 1. The van der Waals surface area contributed by atoms with Gasteiger partial charge in [-0.1, -0.05) is 101 Å². The van der Waals surface area contributed by atoms with Crippen LogP contribution in [0.4, 0.5) is 5.69 Å². The van der Waals surface area contributed by atoms with E-state index in [-0.39, 0.29) is 35.3 Å². The average molecular weight is 674 g/mol. The van der Waals surface area contributed by atoms with Gasteiger partial charge in [0, 0.05) is 18.2 Å². The second-order valence-corrected chi connectivity index (χ2v) is 11.8. The number of amides is 1. The number of aryl methyl sites for hydroxylation is 1. The van der Waals surface area contributed by atoms with Crippen LogP contribution in [-0.4, -0.2) is 24.9 Å². The molecule has 0 fully saturated rings. The van der Waals surface area contributed by atoms with E-state index >= 15 is 0 Å². The van der Waals surface area contributed by atoms with Crippen LogP contribution >= 0.6 is 11.3 Å². The van der Waals surface area contributed by atoms with Gasteiger partial charge in [-0.3, -0.25) is 9.59 Å². The van der Waals surface area contributed by atoms with Gasteiger partial charge in [-0.15, -0.1) is 0 Å². The minimum Gasteiger partial charge on any atom is -1.00 e. The largest absolute Gasteiger partial charge is 1.00 e. The third-order valence-electron chi connectivity index (χ3n) is 7.40. The molecule has 1 amide bonds. The molecule has 8 heteroatoms. The second kappa shape index (κ2) is 21.1. The minimum absolute atomic E-state index is 0. The van der Waals surface area contributed by atoms with Crippen LogP contribution in [0.1, 0.15) is 113 Å². The van der Waals surface area contributed by atoms with Crippen LogP contribution in [0.5, 0.6) is 11.5 Å². The van der Waals surface area contributed by atoms with E-state index in [0.29, 0.717) is 23.7 Å². The third kappa shape index (κ3) is 14.1. The molecule has 6 nitrogen and oxygen atoms in total. The van der Waals surface area contributed by atoms with E-state index in [4.69, 9.17) is 9.47 Å². The van der Waals surface area contributed by atoms with Crippen molar-refractivity contribution in [3.63, 3.8) is 0 Å². The number of hydrogen-bond donors (Lipinski definition) is 1. The Morgan fingerprint density at radius 1 is 0.860 bits per heavy atom. The van der Waals surface area contributed by atoms with Crippen LogP contribution in [0, 0.1) is 6.92 Å². The maximum Gasteiger partial charge on any atom is 0.262 e. The lowest BCUT2D eigenvalue weighted by Crippen LogP contribution is -3.00. The van der Waals surface area contributed by atoms with Crippen LogP contribution in [0.15, 0.2) is 53.4 Å². The summed E-state index contributed by atoms with van der Waals surface area (Å²) in [7, 11) is 0. The Bertz CT molecular complexity index is 1250. The topological polar surface area (TPSA) is 68.5 Å². The Labute approximate surface area is 273 Å². The van der Waals surface area contributed by atoms with E-state index in [1.807, 2.05) is 24.3 Å². The summed E-state index contributed by atoms with van der Waals surface area (Å²) in [6.07, 6.45) is 15.5. The van der Waals surface area contributed by atoms with Crippen molar-refractivity contribution in [1.82, 2.24) is 0 Å². The molecule has 3 aromatic rings. The molecular weight excluding hydrogens is 624 g/mol. The number of thiazole rings is 1. The molecule has 0 saturated heterocycles. The number of Topliss-reactive ketones (excluding diaryl/α,β-unsaturated/α-hetero) is 1. The molecule has 0 aliphatic carbocycles. The maximum atomic E-state index is 12.6. The van der Waals surface area contributed by atoms with E-state index < -0.39 is 0 Å². The summed E-state index contributed by atoms with van der Waals surface area (Å²) < 4.78 is 13.8. The summed E-state index contributed by atoms with van der Waals surface area (Å²) in [5, 5.41) is 5.01. The molecular formula is C35H49BrN2O4S. The molecule has 0 spiro atoms. The fourth-order valence-electron chi connectivity index (χ4n) is 4.93. The normalized spacial score (nSPS) is 10.7. The summed E-state index contributed by atoms with van der Waals surface area (Å²) in [5.74, 6) is 0.678. The second-order valence-electron chi connectivity index (χ2n) is 11.1. The molecule has 0 bridgehead atoms. The first-order chi connectivity index (χ1) is 20.5. The van der Waals surface area contributed by atoms with Gasteiger partial charge in [0.25, 0.3) is 5.91 Å². The van der Waals surface area contributed by atoms with Gasteiger partial charge in [0.15, 0.2) is 24.6 Å². The highest BCUT2D eigenvalue weighted by atomic mass is 79.9. The van der Waals surface area contributed by atoms with Gasteiger partial charge in [0.1, 0.15) is 11.5 Å². The van der Waals surface area contributed by atoms with Crippen molar-refractivity contribution in [2.45, 2.75) is 104 Å². The number of halogens is 1. The zero-order chi connectivity index (χ0) is 30.0. The van der Waals surface area contributed by atoms with Crippen LogP contribution < -0.4 is 36.3 Å². The van der Waals surface area contributed by atoms with E-state index in [0.717, 1.165) is 30.6 Å². The number of rotatable bonds is 21. The fourth-order valence-corrected chi connectivity index (χ4v) is 5.71. The van der Waals surface area contributed by atoms with Crippen LogP contribution in [-0.2, 0) is 11.3 Å². The summed E-state index contributed by atoms with van der Waals surface area (Å²) in [6, 6.07) is 13.0. The van der Waals surface area contributed by atoms with Crippen molar-refractivity contribution in [1.29, 1.82) is 0 Å². The molecule has 1 heterocycles. The Morgan fingerprint density at radius 2 is 1.53 bits per heavy atom. The van der Waals surface area contributed by atoms with Gasteiger partial charge in [0.05, 0.1) is 17.6 Å². The smallest absolute Gasteiger partial charge is 0.262 e. The summed E-state index contributed by atoms with van der Waals surface area (Å²) in [5.41, 5.74) is 5.58. The Hall–Kier alpha value is -2.71. The van der Waals surface area contributed by atoms with Gasteiger partial charge in [0.2, 0.25) is 5.51 Å². The quantitative estimate of drug-likeness (QED) is 0.0896. The molecule has 0 atom stereocenters. The lowest BCUT2D eigenvalue weighted by molar-refractivity contribution is -0.689. The van der Waals surface area contributed by atoms with Crippen molar-refractivity contribution in [2.75, 3.05) is 18.5 Å². The Morgan fingerprint density at radius 3 is 2.16 bits per heavy atom. The van der Waals surface area contributed by atoms with Crippen molar-refractivity contribution < 1.29 is 40.6 Å². The van der Waals surface area contributed by atoms with E-state index in [9.17, 15) is 9.59 Å². The zero-order valence-electron chi connectivity index (χ0n) is 26.2. The first-order valence-electron chi connectivity index (χ1n) is 15.7. The van der Waals surface area contributed by atoms with Gasteiger partial charge in [-0.2, -0.15) is 4.57 Å². The highest BCUT2D eigenvalue weighted by molar-refractivity contribution is 7.07. The molecule has 3 rings (SSSR count). The van der Waals surface area contributed by atoms with E-state index in [1.54, 1.807) is 29.5 Å². The SMILES string of the molecule is CCCCCCCCCCCCCCOc1ccc(OCC(=O)Nc2cccc(C[n+]3cscc3C)c2)cc1C(C)=O.[Br-]. The van der Waals surface area contributed by atoms with Crippen LogP contribution in [0.25, 0.3) is 0 Å². The number of benzene rings is 2. The molecule has 0 unspecified atom stereocenters. The summed E-state index contributed by atoms with van der Waals surface area (Å²) in [4.78, 5) is 24.9. The number of ketones is 1. The van der Waals surface area contributed by atoms with E-state index in [1.165, 1.54) is 76.8 Å². The van der Waals surface area contributed by atoms with Gasteiger partial charge in [-0.25, -0.2) is 0 Å². The number of carbonyl (C=O) groups excluding carboxylic acids is 2. The van der Waals surface area contributed by atoms with Crippen molar-refractivity contribution >= 4 is 28.7 Å². The van der Waals surface area contributed by atoms with Crippen molar-refractivity contribution in [3.8, 4) is 11.5 Å². The molecule has 0 aliphatic rings. The number of carbonyl (C=O) groups is 2. The predicted octanol–water partition coefficient (Wildman–Crippen LogP) is 5.70. The van der Waals surface area contributed by atoms with Gasteiger partial charge >= 0.3 is 0 Å².